The van der Waals surface area contributed by atoms with Crippen molar-refractivity contribution in [3.63, 3.8) is 0 Å². The molecule has 11 rings (SSSR count). The van der Waals surface area contributed by atoms with Crippen LogP contribution in [-0.4, -0.2) is 14.5 Å². The molecule has 0 fully saturated rings. The van der Waals surface area contributed by atoms with E-state index < -0.39 is 0 Å². The third-order valence-electron chi connectivity index (χ3n) is 13.5. The van der Waals surface area contributed by atoms with Gasteiger partial charge in [-0.3, -0.25) is 0 Å². The van der Waals surface area contributed by atoms with Gasteiger partial charge in [0.05, 0.1) is 28.1 Å². The van der Waals surface area contributed by atoms with E-state index in [1.807, 2.05) is 6.07 Å². The maximum absolute atomic E-state index is 5.42. The minimum absolute atomic E-state index is 0.114. The molecule has 0 saturated carbocycles. The summed E-state index contributed by atoms with van der Waals surface area (Å²) >= 11 is 0. The van der Waals surface area contributed by atoms with Crippen LogP contribution in [0.5, 0.6) is 0 Å². The van der Waals surface area contributed by atoms with Gasteiger partial charge in [0, 0.05) is 49.7 Å². The van der Waals surface area contributed by atoms with Crippen LogP contribution in [0.1, 0.15) is 52.7 Å². The maximum atomic E-state index is 5.42. The number of hydrogen-bond acceptors (Lipinski definition) is 2. The van der Waals surface area contributed by atoms with E-state index in [9.17, 15) is 0 Å². The highest BCUT2D eigenvalue weighted by Gasteiger charge is 2.29. The van der Waals surface area contributed by atoms with Crippen molar-refractivity contribution in [2.75, 3.05) is 0 Å². The molecule has 0 radical (unpaired) electrons. The van der Waals surface area contributed by atoms with Gasteiger partial charge in [0.1, 0.15) is 0 Å². The fourth-order valence-electron chi connectivity index (χ4n) is 9.81. The Morgan fingerprint density at radius 3 is 0.986 bits per heavy atom. The summed E-state index contributed by atoms with van der Waals surface area (Å²) in [4.78, 5) is 10.6. The lowest BCUT2D eigenvalue weighted by atomic mass is 9.82. The molecule has 0 N–H and O–H groups in total. The van der Waals surface area contributed by atoms with E-state index >= 15 is 0 Å². The average Bonchev–Trinajstić information content (AvgIpc) is 3.72. The van der Waals surface area contributed by atoms with Crippen molar-refractivity contribution in [2.45, 2.75) is 52.4 Å². The van der Waals surface area contributed by atoms with Crippen molar-refractivity contribution in [3.8, 4) is 84.1 Å². The number of aromatic nitrogens is 3. The molecule has 0 amide bonds. The molecule has 3 heteroatoms. The molecular formula is C66H55N3. The predicted octanol–water partition coefficient (Wildman–Crippen LogP) is 17.8. The third-order valence-corrected chi connectivity index (χ3v) is 13.5. The lowest BCUT2D eigenvalue weighted by Crippen LogP contribution is -2.11. The van der Waals surface area contributed by atoms with Gasteiger partial charge in [-0.2, -0.15) is 0 Å². The van der Waals surface area contributed by atoms with Gasteiger partial charge in [-0.05, 0) is 86.7 Å². The molecule has 334 valence electrons. The minimum Gasteiger partial charge on any atom is -0.307 e. The number of nitrogens with zero attached hydrogens (tertiary/aromatic N) is 3. The molecule has 2 aromatic heterocycles. The first kappa shape index (κ1) is 43.4. The van der Waals surface area contributed by atoms with Crippen LogP contribution in [0.2, 0.25) is 0 Å². The molecule has 2 heterocycles. The minimum atomic E-state index is -0.114. The normalized spacial score (nSPS) is 11.9. The topological polar surface area (TPSA) is 30.7 Å². The highest BCUT2D eigenvalue weighted by molar-refractivity contribution is 6.19. The molecule has 0 aliphatic rings. The largest absolute Gasteiger partial charge is 0.307 e. The van der Waals surface area contributed by atoms with Gasteiger partial charge in [0.25, 0.3) is 0 Å². The Morgan fingerprint density at radius 2 is 0.623 bits per heavy atom. The third kappa shape index (κ3) is 8.25. The summed E-state index contributed by atoms with van der Waals surface area (Å²) in [7, 11) is 0. The van der Waals surface area contributed by atoms with Crippen LogP contribution in [0.25, 0.3) is 106 Å². The summed E-state index contributed by atoms with van der Waals surface area (Å²) in [5.41, 5.74) is 19.7. The number of rotatable bonds is 8. The molecule has 0 aliphatic carbocycles. The zero-order chi connectivity index (χ0) is 47.3. The molecule has 69 heavy (non-hydrogen) atoms. The van der Waals surface area contributed by atoms with Gasteiger partial charge >= 0.3 is 0 Å². The van der Waals surface area contributed by atoms with Gasteiger partial charge in [-0.1, -0.05) is 224 Å². The molecule has 0 spiro atoms. The summed E-state index contributed by atoms with van der Waals surface area (Å²) in [6, 6.07) is 81.4. The van der Waals surface area contributed by atoms with Crippen molar-refractivity contribution >= 4 is 21.8 Å². The molecule has 0 atom stereocenters. The monoisotopic (exact) mass is 889 g/mol. The average molecular weight is 890 g/mol. The zero-order valence-electron chi connectivity index (χ0n) is 40.2. The van der Waals surface area contributed by atoms with Crippen molar-refractivity contribution in [1.29, 1.82) is 0 Å². The Kier molecular flexibility index (Phi) is 11.0. The Hall–Kier alpha value is -8.14. The second-order valence-corrected chi connectivity index (χ2v) is 20.3. The molecule has 11 aromatic rings. The first-order valence-corrected chi connectivity index (χ1v) is 24.1. The molecule has 9 aromatic carbocycles. The van der Waals surface area contributed by atoms with Crippen molar-refractivity contribution in [1.82, 2.24) is 14.5 Å². The van der Waals surface area contributed by atoms with Gasteiger partial charge in [-0.15, -0.1) is 0 Å². The second-order valence-electron chi connectivity index (χ2n) is 20.3. The molecule has 3 nitrogen and oxygen atoms in total. The molecule has 0 saturated heterocycles. The Labute approximate surface area is 406 Å². The summed E-state index contributed by atoms with van der Waals surface area (Å²) in [6.45, 7) is 14.0. The van der Waals surface area contributed by atoms with Crippen LogP contribution in [-0.2, 0) is 10.8 Å². The van der Waals surface area contributed by atoms with Crippen LogP contribution >= 0.6 is 0 Å². The predicted molar refractivity (Wildman–Crippen MR) is 292 cm³/mol. The van der Waals surface area contributed by atoms with Crippen LogP contribution < -0.4 is 0 Å². The van der Waals surface area contributed by atoms with Crippen LogP contribution in [0.4, 0.5) is 0 Å². The zero-order valence-corrected chi connectivity index (χ0v) is 40.2. The fraction of sp³-hybridized carbons (Fsp3) is 0.121. The van der Waals surface area contributed by atoms with E-state index in [2.05, 4.69) is 264 Å². The van der Waals surface area contributed by atoms with E-state index in [1.54, 1.807) is 0 Å². The molecular weight excluding hydrogens is 835 g/mol. The quantitative estimate of drug-likeness (QED) is 0.152. The Morgan fingerprint density at radius 1 is 0.304 bits per heavy atom. The summed E-state index contributed by atoms with van der Waals surface area (Å²) < 4.78 is 2.63. The summed E-state index contributed by atoms with van der Waals surface area (Å²) in [5, 5.41) is 2.47. The molecule has 0 aliphatic heterocycles. The van der Waals surface area contributed by atoms with Gasteiger partial charge < -0.3 is 4.57 Å². The highest BCUT2D eigenvalue weighted by atomic mass is 15.0. The smallest absolute Gasteiger partial charge is 0.160 e. The van der Waals surface area contributed by atoms with Gasteiger partial charge in [0.15, 0.2) is 5.82 Å². The Balaban J connectivity index is 1.36. The Bertz CT molecular complexity index is 3390. The number of hydrogen-bond donors (Lipinski definition) is 0. The van der Waals surface area contributed by atoms with Crippen LogP contribution in [0.3, 0.4) is 0 Å². The van der Waals surface area contributed by atoms with Crippen molar-refractivity contribution in [3.05, 3.63) is 236 Å². The van der Waals surface area contributed by atoms with E-state index in [1.165, 1.54) is 55.2 Å². The SMILES string of the molecule is CC(C)(C)c1cc(-c2ccccc2)c2c(c1)c1cc(C(C)(C)C)cc(-c3ccccc3)c1n2-c1c(-c2ccccc2)cc(-c2cc(-c3ccccc3)nc(-c3ccccc3)n2)cc1-c1ccccc1. The number of fused-ring (bicyclic) bond motifs is 3. The fourth-order valence-corrected chi connectivity index (χ4v) is 9.81. The molecule has 0 unspecified atom stereocenters. The standard InChI is InChI=1S/C66H55N3/c1-65(2,3)51-39-55(46-29-17-9-18-30-46)62-57(41-51)58-42-52(66(4,5)6)40-56(47-31-19-10-20-32-47)63(58)69(62)61-53(44-25-13-7-14-26-44)37-50(38-54(61)45-27-15-8-16-28-45)60-43-59(48-33-21-11-22-34-48)67-64(68-60)49-35-23-12-24-36-49/h7-43H,1-6H3. The van der Waals surface area contributed by atoms with E-state index in [0.717, 1.165) is 56.0 Å². The van der Waals surface area contributed by atoms with Crippen molar-refractivity contribution < 1.29 is 0 Å². The summed E-state index contributed by atoms with van der Waals surface area (Å²) in [5.74, 6) is 0.685. The maximum Gasteiger partial charge on any atom is 0.160 e. The van der Waals surface area contributed by atoms with Gasteiger partial charge in [0.2, 0.25) is 0 Å². The van der Waals surface area contributed by atoms with Crippen LogP contribution in [0, 0.1) is 0 Å². The summed E-state index contributed by atoms with van der Waals surface area (Å²) in [6.07, 6.45) is 0. The van der Waals surface area contributed by atoms with Crippen molar-refractivity contribution in [2.24, 2.45) is 0 Å². The highest BCUT2D eigenvalue weighted by Crippen LogP contribution is 2.50. The van der Waals surface area contributed by atoms with E-state index in [4.69, 9.17) is 9.97 Å². The van der Waals surface area contributed by atoms with Crippen LogP contribution in [0.15, 0.2) is 224 Å². The lowest BCUT2D eigenvalue weighted by molar-refractivity contribution is 0.590. The first-order valence-electron chi connectivity index (χ1n) is 24.1. The number of benzene rings is 9. The van der Waals surface area contributed by atoms with Gasteiger partial charge in [-0.25, -0.2) is 9.97 Å². The lowest BCUT2D eigenvalue weighted by Gasteiger charge is -2.25. The molecule has 0 bridgehead atoms. The first-order chi connectivity index (χ1) is 33.5. The van der Waals surface area contributed by atoms with E-state index in [-0.39, 0.29) is 10.8 Å². The van der Waals surface area contributed by atoms with E-state index in [0.29, 0.717) is 5.82 Å². The second kappa shape index (κ2) is 17.5.